The standard InChI is InChI=1S/C33H29NO9/c1-5-16-17-6-12(2)21(13(3)37)30-29-24(17)27-22(14(10-35)7-18(38)25(27)31(16)34-9-20(40)41)23-15(11-36)8-19(39)26(28(23)29)32(42)33(30)43-4/h6-8,21,34-36,42H,5,9-11H2,1-4H3,(H,40,41). The van der Waals surface area contributed by atoms with Crippen LogP contribution in [0.4, 0.5) is 5.69 Å². The number of carbonyl (C=O) groups is 2. The summed E-state index contributed by atoms with van der Waals surface area (Å²) >= 11 is 0. The van der Waals surface area contributed by atoms with Crippen LogP contribution in [-0.2, 0) is 29.2 Å². The number of nitrogens with one attached hydrogen (secondary N) is 1. The lowest BCUT2D eigenvalue weighted by Crippen LogP contribution is -2.18. The molecular weight excluding hydrogens is 554 g/mol. The van der Waals surface area contributed by atoms with E-state index in [4.69, 9.17) is 4.74 Å². The maximum atomic E-state index is 13.9. The molecule has 0 saturated heterocycles. The molecule has 0 spiro atoms. The molecule has 5 aromatic carbocycles. The van der Waals surface area contributed by atoms with Gasteiger partial charge in [-0.2, -0.15) is 0 Å². The Morgan fingerprint density at radius 1 is 0.907 bits per heavy atom. The van der Waals surface area contributed by atoms with Gasteiger partial charge >= 0.3 is 5.97 Å². The number of carboxylic acid groups (broad SMARTS) is 1. The molecular formula is C33H29NO9. The van der Waals surface area contributed by atoms with Crippen LogP contribution >= 0.6 is 0 Å². The summed E-state index contributed by atoms with van der Waals surface area (Å²) in [6, 6.07) is 2.48. The smallest absolute Gasteiger partial charge is 0.322 e. The molecule has 10 nitrogen and oxygen atoms in total. The highest BCUT2D eigenvalue weighted by Gasteiger charge is 2.36. The normalized spacial score (nSPS) is 14.7. The quantitative estimate of drug-likeness (QED) is 0.134. The number of ether oxygens (including phenoxy) is 1. The molecule has 5 N–H and O–H groups in total. The van der Waals surface area contributed by atoms with E-state index in [1.807, 2.05) is 13.0 Å². The summed E-state index contributed by atoms with van der Waals surface area (Å²) in [5.41, 5.74) is 1.90. The second-order valence-electron chi connectivity index (χ2n) is 11.0. The summed E-state index contributed by atoms with van der Waals surface area (Å²) in [7, 11) is 1.34. The largest absolute Gasteiger partial charge is 0.504 e. The van der Waals surface area contributed by atoms with Gasteiger partial charge < -0.3 is 30.5 Å². The Balaban J connectivity index is 2.14. The van der Waals surface area contributed by atoms with E-state index >= 15 is 0 Å². The predicted octanol–water partition coefficient (Wildman–Crippen LogP) is 3.74. The van der Waals surface area contributed by atoms with Crippen molar-refractivity contribution in [1.29, 1.82) is 0 Å². The first-order chi connectivity index (χ1) is 20.5. The summed E-state index contributed by atoms with van der Waals surface area (Å²) in [6.07, 6.45) is 2.20. The molecule has 1 unspecified atom stereocenters. The first-order valence-corrected chi connectivity index (χ1v) is 13.8. The number of phenolic OH excluding ortho intramolecular Hbond substituents is 1. The fourth-order valence-corrected chi connectivity index (χ4v) is 7.24. The molecule has 220 valence electrons. The molecule has 0 radical (unpaired) electrons. The van der Waals surface area contributed by atoms with Crippen LogP contribution in [0.25, 0.3) is 49.2 Å². The number of allylic oxidation sites excluding steroid dienone is 1. The van der Waals surface area contributed by atoms with Gasteiger partial charge in [-0.1, -0.05) is 18.6 Å². The first-order valence-electron chi connectivity index (χ1n) is 13.8. The maximum Gasteiger partial charge on any atom is 0.322 e. The van der Waals surface area contributed by atoms with E-state index in [1.54, 1.807) is 6.92 Å². The van der Waals surface area contributed by atoms with Gasteiger partial charge in [-0.3, -0.25) is 19.2 Å². The Bertz CT molecular complexity index is 2200. The van der Waals surface area contributed by atoms with Crippen LogP contribution in [0, 0.1) is 0 Å². The number of rotatable bonds is 8. The van der Waals surface area contributed by atoms with Gasteiger partial charge in [0, 0.05) is 16.3 Å². The minimum Gasteiger partial charge on any atom is -0.504 e. The fraction of sp³-hybridized carbons (Fsp3) is 0.273. The van der Waals surface area contributed by atoms with E-state index in [0.717, 1.165) is 0 Å². The van der Waals surface area contributed by atoms with Crippen LogP contribution in [0.5, 0.6) is 11.5 Å². The topological polar surface area (TPSA) is 170 Å². The number of aliphatic carboxylic acids is 1. The molecule has 0 saturated carbocycles. The number of fused-ring (bicyclic) bond motifs is 1. The molecule has 0 fully saturated rings. The number of Topliss-reactive ketones (excluding diaryl/α,β-unsaturated/α-hetero) is 1. The second kappa shape index (κ2) is 9.89. The number of ketones is 1. The molecule has 43 heavy (non-hydrogen) atoms. The van der Waals surface area contributed by atoms with E-state index in [-0.39, 0.29) is 38.8 Å². The molecule has 0 bridgehead atoms. The number of carboxylic acids is 1. The highest BCUT2D eigenvalue weighted by Crippen LogP contribution is 2.56. The Kier molecular flexibility index (Phi) is 6.52. The van der Waals surface area contributed by atoms with E-state index in [0.29, 0.717) is 61.3 Å². The van der Waals surface area contributed by atoms with Gasteiger partial charge in [0.05, 0.1) is 42.7 Å². The number of phenols is 1. The zero-order chi connectivity index (χ0) is 31.1. The molecule has 5 aromatic rings. The molecule has 10 heteroatoms. The Morgan fingerprint density at radius 2 is 1.49 bits per heavy atom. The van der Waals surface area contributed by atoms with Gasteiger partial charge in [0.15, 0.2) is 22.4 Å². The number of benzene rings is 5. The number of carbonyl (C=O) groups excluding carboxylic acids is 1. The monoisotopic (exact) mass is 583 g/mol. The van der Waals surface area contributed by atoms with Gasteiger partial charge in [0.1, 0.15) is 12.3 Å². The van der Waals surface area contributed by atoms with Crippen molar-refractivity contribution in [2.75, 3.05) is 19.0 Å². The number of aliphatic hydroxyl groups excluding tert-OH is 2. The van der Waals surface area contributed by atoms with Gasteiger partial charge in [-0.25, -0.2) is 0 Å². The van der Waals surface area contributed by atoms with Crippen molar-refractivity contribution in [2.24, 2.45) is 0 Å². The number of methoxy groups -OCH3 is 1. The van der Waals surface area contributed by atoms with Gasteiger partial charge in [0.25, 0.3) is 0 Å². The third-order valence-electron chi connectivity index (χ3n) is 8.70. The summed E-state index contributed by atoms with van der Waals surface area (Å²) < 4.78 is 5.71. The fourth-order valence-electron chi connectivity index (χ4n) is 7.24. The first kappa shape index (κ1) is 28.3. The number of hydrogen-bond acceptors (Lipinski definition) is 9. The van der Waals surface area contributed by atoms with Crippen LogP contribution in [0.2, 0.25) is 0 Å². The van der Waals surface area contributed by atoms with E-state index < -0.39 is 48.3 Å². The molecule has 1 aliphatic carbocycles. The summed E-state index contributed by atoms with van der Waals surface area (Å²) in [5.74, 6) is -2.79. The molecule has 0 aliphatic heterocycles. The number of anilines is 1. The van der Waals surface area contributed by atoms with Crippen molar-refractivity contribution in [3.63, 3.8) is 0 Å². The number of aliphatic hydroxyl groups is 2. The van der Waals surface area contributed by atoms with Crippen molar-refractivity contribution in [2.45, 2.75) is 46.3 Å². The van der Waals surface area contributed by atoms with Crippen LogP contribution < -0.4 is 20.9 Å². The average Bonchev–Trinajstić information content (AvgIpc) is 3.09. The van der Waals surface area contributed by atoms with Crippen molar-refractivity contribution in [3.05, 3.63) is 66.0 Å². The van der Waals surface area contributed by atoms with Crippen molar-refractivity contribution in [1.82, 2.24) is 0 Å². The third-order valence-corrected chi connectivity index (χ3v) is 8.70. The van der Waals surface area contributed by atoms with Gasteiger partial charge in [0.2, 0.25) is 0 Å². The van der Waals surface area contributed by atoms with Crippen LogP contribution in [-0.4, -0.2) is 45.8 Å². The SMILES string of the molecule is CCc1c(NCC(=O)O)c2c(=O)cc(CO)c3c4c(CO)cc(=O)c5c(O)c(OC)c6c(c(c1C=C(C)C6C(C)=O)c23)c54. The lowest BCUT2D eigenvalue weighted by Gasteiger charge is -2.26. The highest BCUT2D eigenvalue weighted by molar-refractivity contribution is 6.39. The third kappa shape index (κ3) is 3.66. The Morgan fingerprint density at radius 3 is 2.00 bits per heavy atom. The predicted molar refractivity (Wildman–Crippen MR) is 164 cm³/mol. The molecule has 0 amide bonds. The zero-order valence-electron chi connectivity index (χ0n) is 24.0. The van der Waals surface area contributed by atoms with Crippen molar-refractivity contribution in [3.8, 4) is 11.5 Å². The minimum absolute atomic E-state index is 0.0496. The van der Waals surface area contributed by atoms with Crippen LogP contribution in [0.1, 0.15) is 54.5 Å². The average molecular weight is 584 g/mol. The van der Waals surface area contributed by atoms with Crippen molar-refractivity contribution < 1.29 is 34.8 Å². The van der Waals surface area contributed by atoms with Crippen LogP contribution in [0.15, 0.2) is 27.3 Å². The van der Waals surface area contributed by atoms with E-state index in [9.17, 15) is 39.6 Å². The highest BCUT2D eigenvalue weighted by atomic mass is 16.5. The van der Waals surface area contributed by atoms with Gasteiger partial charge in [-0.15, -0.1) is 0 Å². The molecule has 0 aromatic heterocycles. The van der Waals surface area contributed by atoms with Gasteiger partial charge in [-0.05, 0) is 76.2 Å². The lowest BCUT2D eigenvalue weighted by atomic mass is 9.78. The number of aromatic hydroxyl groups is 1. The van der Waals surface area contributed by atoms with E-state index in [1.165, 1.54) is 26.2 Å². The lowest BCUT2D eigenvalue weighted by molar-refractivity contribution is -0.135. The molecule has 1 aliphatic rings. The Labute approximate surface area is 244 Å². The molecule has 6 rings (SSSR count). The Hall–Kier alpha value is -4.80. The summed E-state index contributed by atoms with van der Waals surface area (Å²) in [5, 5.41) is 47.5. The van der Waals surface area contributed by atoms with Crippen LogP contribution in [0.3, 0.4) is 0 Å². The second-order valence-corrected chi connectivity index (χ2v) is 11.0. The molecule has 1 atom stereocenters. The van der Waals surface area contributed by atoms with E-state index in [2.05, 4.69) is 5.32 Å². The maximum absolute atomic E-state index is 13.9. The minimum atomic E-state index is -1.14. The summed E-state index contributed by atoms with van der Waals surface area (Å²) in [4.78, 5) is 52.5. The van der Waals surface area contributed by atoms with Crippen molar-refractivity contribution >= 4 is 66.6 Å². The summed E-state index contributed by atoms with van der Waals surface area (Å²) in [6.45, 7) is 3.46. The number of hydrogen-bond donors (Lipinski definition) is 5. The molecule has 0 heterocycles. The zero-order valence-corrected chi connectivity index (χ0v) is 24.0.